The smallest absolute Gasteiger partial charge is 0.272 e. The number of anilines is 1. The van der Waals surface area contributed by atoms with Gasteiger partial charge in [0.2, 0.25) is 0 Å². The highest BCUT2D eigenvalue weighted by molar-refractivity contribution is 6.44. The lowest BCUT2D eigenvalue weighted by molar-refractivity contribution is -0.112. The van der Waals surface area contributed by atoms with Crippen molar-refractivity contribution in [3.63, 3.8) is 0 Å². The molecule has 1 saturated heterocycles. The van der Waals surface area contributed by atoms with Gasteiger partial charge in [-0.3, -0.25) is 10.2 Å². The number of nitrogens with one attached hydrogen (secondary N) is 1. The van der Waals surface area contributed by atoms with E-state index in [0.29, 0.717) is 13.0 Å². The zero-order chi connectivity index (χ0) is 11.9. The first-order valence-corrected chi connectivity index (χ1v) is 5.48. The van der Waals surface area contributed by atoms with Crippen LogP contribution in [0.1, 0.15) is 23.1 Å². The van der Waals surface area contributed by atoms with E-state index in [-0.39, 0.29) is 11.6 Å². The second kappa shape index (κ2) is 3.74. The number of carbonyl (C=O) groups is 1. The predicted octanol–water partition coefficient (Wildman–Crippen LogP) is 2.37. The summed E-state index contributed by atoms with van der Waals surface area (Å²) in [6.07, 6.45) is 0.561. The highest BCUT2D eigenvalue weighted by atomic mass is 16.2. The van der Waals surface area contributed by atoms with E-state index in [0.717, 1.165) is 11.3 Å². The van der Waals surface area contributed by atoms with Crippen molar-refractivity contribution in [2.75, 3.05) is 11.4 Å². The normalized spacial score (nSPS) is 16.1. The topological polar surface area (TPSA) is 44.2 Å². The fourth-order valence-electron chi connectivity index (χ4n) is 2.06. The molecule has 0 unspecified atom stereocenters. The van der Waals surface area contributed by atoms with Crippen LogP contribution in [0.3, 0.4) is 0 Å². The third kappa shape index (κ3) is 1.62. The van der Waals surface area contributed by atoms with Gasteiger partial charge in [-0.15, -0.1) is 0 Å². The fraction of sp³-hybridized carbons (Fsp3) is 0.385. The SMILES string of the molecule is Cc1cc(C)c(N2CCC(=N)C2=O)cc1C. The minimum absolute atomic E-state index is 0.147. The van der Waals surface area contributed by atoms with Crippen molar-refractivity contribution >= 4 is 17.3 Å². The molecule has 0 radical (unpaired) electrons. The molecule has 0 saturated carbocycles. The van der Waals surface area contributed by atoms with Crippen LogP contribution >= 0.6 is 0 Å². The molecular weight excluding hydrogens is 200 g/mol. The number of aryl methyl sites for hydroxylation is 3. The third-order valence-electron chi connectivity index (χ3n) is 3.19. The highest BCUT2D eigenvalue weighted by Gasteiger charge is 2.28. The Balaban J connectivity index is 2.45. The summed E-state index contributed by atoms with van der Waals surface area (Å²) in [5.74, 6) is -0.147. The molecule has 3 heteroatoms. The Morgan fingerprint density at radius 2 is 1.75 bits per heavy atom. The van der Waals surface area contributed by atoms with E-state index in [1.165, 1.54) is 11.1 Å². The Labute approximate surface area is 95.6 Å². The summed E-state index contributed by atoms with van der Waals surface area (Å²) in [4.78, 5) is 13.5. The van der Waals surface area contributed by atoms with Crippen molar-refractivity contribution < 1.29 is 4.79 Å². The Morgan fingerprint density at radius 1 is 1.12 bits per heavy atom. The molecule has 1 aliphatic rings. The molecule has 0 aliphatic carbocycles. The zero-order valence-corrected chi connectivity index (χ0v) is 9.92. The largest absolute Gasteiger partial charge is 0.307 e. The number of benzene rings is 1. The van der Waals surface area contributed by atoms with Crippen LogP contribution in [0, 0.1) is 26.2 Å². The van der Waals surface area contributed by atoms with Crippen LogP contribution in [0.25, 0.3) is 0 Å². The van der Waals surface area contributed by atoms with Crippen molar-refractivity contribution in [3.05, 3.63) is 28.8 Å². The number of amides is 1. The molecule has 0 atom stereocenters. The molecule has 0 aromatic heterocycles. The maximum absolute atomic E-state index is 11.8. The summed E-state index contributed by atoms with van der Waals surface area (Å²) in [6.45, 7) is 6.77. The van der Waals surface area contributed by atoms with Crippen LogP contribution in [0.2, 0.25) is 0 Å². The van der Waals surface area contributed by atoms with Gasteiger partial charge in [-0.05, 0) is 43.5 Å². The third-order valence-corrected chi connectivity index (χ3v) is 3.19. The number of nitrogens with zero attached hydrogens (tertiary/aromatic N) is 1. The van der Waals surface area contributed by atoms with Gasteiger partial charge in [0.05, 0.1) is 5.71 Å². The highest BCUT2D eigenvalue weighted by Crippen LogP contribution is 2.26. The van der Waals surface area contributed by atoms with E-state index in [1.807, 2.05) is 19.9 Å². The summed E-state index contributed by atoms with van der Waals surface area (Å²) in [7, 11) is 0. The summed E-state index contributed by atoms with van der Waals surface area (Å²) in [5.41, 5.74) is 4.70. The van der Waals surface area contributed by atoms with Gasteiger partial charge in [-0.2, -0.15) is 0 Å². The van der Waals surface area contributed by atoms with Gasteiger partial charge < -0.3 is 4.90 Å². The maximum Gasteiger partial charge on any atom is 0.272 e. The predicted molar refractivity (Wildman–Crippen MR) is 65.3 cm³/mol. The first-order valence-electron chi connectivity index (χ1n) is 5.48. The van der Waals surface area contributed by atoms with Crippen LogP contribution < -0.4 is 4.90 Å². The molecule has 1 heterocycles. The van der Waals surface area contributed by atoms with Crippen molar-refractivity contribution in [2.24, 2.45) is 0 Å². The lowest BCUT2D eigenvalue weighted by atomic mass is 10.0. The van der Waals surface area contributed by atoms with Crippen molar-refractivity contribution in [2.45, 2.75) is 27.2 Å². The van der Waals surface area contributed by atoms with E-state index < -0.39 is 0 Å². The second-order valence-corrected chi connectivity index (χ2v) is 4.41. The molecular formula is C13H16N2O. The number of hydrogen-bond acceptors (Lipinski definition) is 2. The van der Waals surface area contributed by atoms with Crippen LogP contribution in [-0.4, -0.2) is 18.2 Å². The van der Waals surface area contributed by atoms with Gasteiger partial charge in [-0.25, -0.2) is 0 Å². The van der Waals surface area contributed by atoms with Crippen LogP contribution in [0.4, 0.5) is 5.69 Å². The fourth-order valence-corrected chi connectivity index (χ4v) is 2.06. The quantitative estimate of drug-likeness (QED) is 0.769. The summed E-state index contributed by atoms with van der Waals surface area (Å²) in [5, 5.41) is 7.51. The molecule has 2 rings (SSSR count). The monoisotopic (exact) mass is 216 g/mol. The molecule has 3 nitrogen and oxygen atoms in total. The molecule has 1 aliphatic heterocycles. The van der Waals surface area contributed by atoms with Gasteiger partial charge in [0, 0.05) is 18.7 Å². The summed E-state index contributed by atoms with van der Waals surface area (Å²) in [6, 6.07) is 4.14. The molecule has 16 heavy (non-hydrogen) atoms. The van der Waals surface area contributed by atoms with Gasteiger partial charge in [0.15, 0.2) is 0 Å². The molecule has 0 spiro atoms. The second-order valence-electron chi connectivity index (χ2n) is 4.41. The van der Waals surface area contributed by atoms with E-state index in [4.69, 9.17) is 5.41 Å². The van der Waals surface area contributed by atoms with E-state index in [1.54, 1.807) is 4.90 Å². The zero-order valence-electron chi connectivity index (χ0n) is 9.92. The Hall–Kier alpha value is -1.64. The summed E-state index contributed by atoms with van der Waals surface area (Å²) < 4.78 is 0. The van der Waals surface area contributed by atoms with Crippen molar-refractivity contribution in [1.82, 2.24) is 0 Å². The first-order chi connectivity index (χ1) is 7.50. The minimum Gasteiger partial charge on any atom is -0.307 e. The lowest BCUT2D eigenvalue weighted by Gasteiger charge is -2.19. The first kappa shape index (κ1) is 10.9. The van der Waals surface area contributed by atoms with Crippen molar-refractivity contribution in [1.29, 1.82) is 5.41 Å². The van der Waals surface area contributed by atoms with Gasteiger partial charge in [0.25, 0.3) is 5.91 Å². The Kier molecular flexibility index (Phi) is 2.54. The van der Waals surface area contributed by atoms with Crippen LogP contribution in [0.5, 0.6) is 0 Å². The van der Waals surface area contributed by atoms with Crippen LogP contribution in [-0.2, 0) is 4.79 Å². The van der Waals surface area contributed by atoms with Gasteiger partial charge in [0.1, 0.15) is 0 Å². The Morgan fingerprint density at radius 3 is 2.31 bits per heavy atom. The molecule has 1 aromatic carbocycles. The molecule has 0 bridgehead atoms. The van der Waals surface area contributed by atoms with Crippen molar-refractivity contribution in [3.8, 4) is 0 Å². The van der Waals surface area contributed by atoms with E-state index in [9.17, 15) is 4.79 Å². The number of rotatable bonds is 1. The molecule has 1 amide bonds. The number of hydrogen-bond donors (Lipinski definition) is 1. The minimum atomic E-state index is -0.147. The summed E-state index contributed by atoms with van der Waals surface area (Å²) >= 11 is 0. The molecule has 1 fully saturated rings. The van der Waals surface area contributed by atoms with Gasteiger partial charge in [-0.1, -0.05) is 6.07 Å². The van der Waals surface area contributed by atoms with Crippen LogP contribution in [0.15, 0.2) is 12.1 Å². The molecule has 1 N–H and O–H groups in total. The maximum atomic E-state index is 11.8. The number of carbonyl (C=O) groups excluding carboxylic acids is 1. The Bertz CT molecular complexity index is 477. The van der Waals surface area contributed by atoms with Gasteiger partial charge >= 0.3 is 0 Å². The molecule has 84 valence electrons. The average Bonchev–Trinajstić information content (AvgIpc) is 2.54. The standard InChI is InChI=1S/C13H16N2O/c1-8-6-10(3)12(7-9(8)2)15-5-4-11(14)13(15)16/h6-7,14H,4-5H2,1-3H3. The molecule has 1 aromatic rings. The van der Waals surface area contributed by atoms with E-state index in [2.05, 4.69) is 13.0 Å². The lowest BCUT2D eigenvalue weighted by Crippen LogP contribution is -2.27. The van der Waals surface area contributed by atoms with E-state index >= 15 is 0 Å². The average molecular weight is 216 g/mol.